The van der Waals surface area contributed by atoms with E-state index < -0.39 is 0 Å². The van der Waals surface area contributed by atoms with Crippen molar-refractivity contribution in [2.45, 2.75) is 5.88 Å². The van der Waals surface area contributed by atoms with Crippen LogP contribution in [0.3, 0.4) is 0 Å². The van der Waals surface area contributed by atoms with Gasteiger partial charge in [-0.05, 0) is 46.3 Å². The summed E-state index contributed by atoms with van der Waals surface area (Å²) in [5, 5.41) is 0. The summed E-state index contributed by atoms with van der Waals surface area (Å²) >= 11 is 9.05. The van der Waals surface area contributed by atoms with Crippen LogP contribution in [0.25, 0.3) is 16.9 Å². The van der Waals surface area contributed by atoms with Gasteiger partial charge in [-0.15, -0.1) is 11.6 Å². The molecule has 0 aliphatic carbocycles. The van der Waals surface area contributed by atoms with Crippen LogP contribution in [0.5, 0.6) is 0 Å². The lowest BCUT2D eigenvalue weighted by Gasteiger charge is -2.07. The molecule has 0 unspecified atom stereocenters. The highest BCUT2D eigenvalue weighted by molar-refractivity contribution is 9.10. The van der Waals surface area contributed by atoms with Crippen molar-refractivity contribution in [3.63, 3.8) is 0 Å². The predicted octanol–water partition coefficient (Wildman–Crippen LogP) is 4.06. The number of hydrogen-bond donors (Lipinski definition) is 0. The number of benzene rings is 1. The largest absolute Gasteiger partial charge is 0.280 e. The Balaban J connectivity index is 2.31. The van der Waals surface area contributed by atoms with E-state index in [1.54, 1.807) is 29.0 Å². The van der Waals surface area contributed by atoms with Crippen LogP contribution in [0.1, 0.15) is 5.82 Å². The van der Waals surface area contributed by atoms with Gasteiger partial charge in [0, 0.05) is 6.20 Å². The fourth-order valence-corrected chi connectivity index (χ4v) is 2.37. The van der Waals surface area contributed by atoms with Crippen LogP contribution in [-0.4, -0.2) is 14.5 Å². The molecule has 3 aromatic rings. The van der Waals surface area contributed by atoms with Crippen molar-refractivity contribution >= 4 is 38.7 Å². The zero-order valence-corrected chi connectivity index (χ0v) is 12.0. The molecular formula is C13H8BrClFN3. The number of halogens is 3. The van der Waals surface area contributed by atoms with E-state index in [1.165, 1.54) is 6.07 Å². The van der Waals surface area contributed by atoms with Gasteiger partial charge in [-0.3, -0.25) is 4.57 Å². The summed E-state index contributed by atoms with van der Waals surface area (Å²) < 4.78 is 15.9. The lowest BCUT2D eigenvalue weighted by molar-refractivity contribution is 0.620. The molecule has 0 saturated carbocycles. The number of nitrogens with zero attached hydrogens (tertiary/aromatic N) is 3. The highest BCUT2D eigenvalue weighted by Gasteiger charge is 2.13. The van der Waals surface area contributed by atoms with Crippen molar-refractivity contribution in [2.75, 3.05) is 0 Å². The maximum absolute atomic E-state index is 13.7. The van der Waals surface area contributed by atoms with Gasteiger partial charge >= 0.3 is 0 Å². The molecule has 6 heteroatoms. The van der Waals surface area contributed by atoms with Crippen molar-refractivity contribution in [2.24, 2.45) is 0 Å². The third-order valence-corrected chi connectivity index (χ3v) is 3.65. The Morgan fingerprint density at radius 3 is 2.89 bits per heavy atom. The first-order valence-corrected chi connectivity index (χ1v) is 6.87. The summed E-state index contributed by atoms with van der Waals surface area (Å²) in [6, 6.07) is 8.52. The zero-order valence-electron chi connectivity index (χ0n) is 9.65. The molecule has 0 spiro atoms. The van der Waals surface area contributed by atoms with E-state index in [-0.39, 0.29) is 11.7 Å². The minimum Gasteiger partial charge on any atom is -0.280 e. The molecule has 0 fully saturated rings. The normalized spacial score (nSPS) is 11.1. The van der Waals surface area contributed by atoms with Crippen molar-refractivity contribution in [1.29, 1.82) is 0 Å². The number of imidazole rings is 1. The zero-order chi connectivity index (χ0) is 13.4. The molecule has 0 amide bonds. The van der Waals surface area contributed by atoms with Crippen molar-refractivity contribution < 1.29 is 4.39 Å². The molecule has 0 N–H and O–H groups in total. The predicted molar refractivity (Wildman–Crippen MR) is 76.1 cm³/mol. The van der Waals surface area contributed by atoms with Crippen LogP contribution < -0.4 is 0 Å². The lowest BCUT2D eigenvalue weighted by Crippen LogP contribution is -2.00. The Labute approximate surface area is 122 Å². The fraction of sp³-hybridized carbons (Fsp3) is 0.0769. The Kier molecular flexibility index (Phi) is 3.24. The molecule has 0 aliphatic heterocycles. The number of rotatable bonds is 2. The van der Waals surface area contributed by atoms with E-state index in [1.807, 2.05) is 6.07 Å². The molecule has 0 radical (unpaired) electrons. The molecule has 3 nitrogen and oxygen atoms in total. The van der Waals surface area contributed by atoms with Crippen LogP contribution in [-0.2, 0) is 5.88 Å². The number of hydrogen-bond acceptors (Lipinski definition) is 2. The maximum atomic E-state index is 13.7. The first-order valence-electron chi connectivity index (χ1n) is 5.54. The van der Waals surface area contributed by atoms with Gasteiger partial charge in [-0.1, -0.05) is 0 Å². The second kappa shape index (κ2) is 4.90. The van der Waals surface area contributed by atoms with Gasteiger partial charge in [0.15, 0.2) is 5.65 Å². The topological polar surface area (TPSA) is 30.7 Å². The summed E-state index contributed by atoms with van der Waals surface area (Å²) in [5.74, 6) is 0.529. The number of alkyl halides is 1. The highest BCUT2D eigenvalue weighted by atomic mass is 79.9. The van der Waals surface area contributed by atoms with Crippen LogP contribution in [0.4, 0.5) is 4.39 Å². The van der Waals surface area contributed by atoms with E-state index in [0.29, 0.717) is 21.6 Å². The molecule has 19 heavy (non-hydrogen) atoms. The van der Waals surface area contributed by atoms with Gasteiger partial charge in [0.1, 0.15) is 17.2 Å². The maximum Gasteiger partial charge on any atom is 0.164 e. The SMILES string of the molecule is Fc1cc(-n2c(CCl)nc3cccnc32)ccc1Br. The second-order valence-electron chi connectivity index (χ2n) is 3.94. The van der Waals surface area contributed by atoms with Gasteiger partial charge < -0.3 is 0 Å². The first kappa shape index (κ1) is 12.6. The second-order valence-corrected chi connectivity index (χ2v) is 5.06. The Morgan fingerprint density at radius 2 is 2.16 bits per heavy atom. The molecule has 3 rings (SSSR count). The van der Waals surface area contributed by atoms with Crippen LogP contribution in [0.15, 0.2) is 41.0 Å². The molecular weight excluding hydrogens is 333 g/mol. The minimum atomic E-state index is -0.337. The highest BCUT2D eigenvalue weighted by Crippen LogP contribution is 2.24. The Morgan fingerprint density at radius 1 is 1.32 bits per heavy atom. The number of pyridine rings is 1. The van der Waals surface area contributed by atoms with E-state index in [4.69, 9.17) is 11.6 Å². The fourth-order valence-electron chi connectivity index (χ4n) is 1.94. The summed E-state index contributed by atoms with van der Waals surface area (Å²) in [6.07, 6.45) is 1.67. The molecule has 0 aliphatic rings. The van der Waals surface area contributed by atoms with Gasteiger partial charge in [0.25, 0.3) is 0 Å². The van der Waals surface area contributed by atoms with Crippen molar-refractivity contribution in [3.05, 3.63) is 52.6 Å². The van der Waals surface area contributed by atoms with Gasteiger partial charge in [0.05, 0.1) is 16.0 Å². The summed E-state index contributed by atoms with van der Waals surface area (Å²) in [4.78, 5) is 8.68. The summed E-state index contributed by atoms with van der Waals surface area (Å²) in [5.41, 5.74) is 2.05. The minimum absolute atomic E-state index is 0.230. The molecule has 2 heterocycles. The Hall–Kier alpha value is -1.46. The third-order valence-electron chi connectivity index (χ3n) is 2.77. The molecule has 0 bridgehead atoms. The van der Waals surface area contributed by atoms with Crippen molar-refractivity contribution in [1.82, 2.24) is 14.5 Å². The van der Waals surface area contributed by atoms with Crippen LogP contribution in [0.2, 0.25) is 0 Å². The Bertz CT molecular complexity index is 757. The molecule has 2 aromatic heterocycles. The average molecular weight is 341 g/mol. The summed E-state index contributed by atoms with van der Waals surface area (Å²) in [7, 11) is 0. The van der Waals surface area contributed by atoms with Gasteiger partial charge in [-0.25, -0.2) is 14.4 Å². The van der Waals surface area contributed by atoms with Crippen molar-refractivity contribution in [3.8, 4) is 5.69 Å². The monoisotopic (exact) mass is 339 g/mol. The smallest absolute Gasteiger partial charge is 0.164 e. The number of aromatic nitrogens is 3. The van der Waals surface area contributed by atoms with E-state index in [0.717, 1.165) is 5.52 Å². The standard InChI is InChI=1S/C13H8BrClFN3/c14-9-4-3-8(6-10(9)16)19-12(7-15)18-11-2-1-5-17-13(11)19/h1-6H,7H2. The average Bonchev–Trinajstić information content (AvgIpc) is 2.80. The third kappa shape index (κ3) is 2.13. The first-order chi connectivity index (χ1) is 9.20. The van der Waals surface area contributed by atoms with E-state index >= 15 is 0 Å². The quantitative estimate of drug-likeness (QED) is 0.659. The molecule has 0 atom stereocenters. The molecule has 0 saturated heterocycles. The summed E-state index contributed by atoms with van der Waals surface area (Å²) in [6.45, 7) is 0. The van der Waals surface area contributed by atoms with Gasteiger partial charge in [-0.2, -0.15) is 0 Å². The van der Waals surface area contributed by atoms with Gasteiger partial charge in [0.2, 0.25) is 0 Å². The molecule has 96 valence electrons. The van der Waals surface area contributed by atoms with E-state index in [9.17, 15) is 4.39 Å². The van der Waals surface area contributed by atoms with Crippen LogP contribution >= 0.6 is 27.5 Å². The number of fused-ring (bicyclic) bond motifs is 1. The molecule has 1 aromatic carbocycles. The van der Waals surface area contributed by atoms with Crippen LogP contribution in [0, 0.1) is 5.82 Å². The van der Waals surface area contributed by atoms with E-state index in [2.05, 4.69) is 25.9 Å². The lowest BCUT2D eigenvalue weighted by atomic mass is 10.3.